The number of hydrogen-bond acceptors (Lipinski definition) is 5. The van der Waals surface area contributed by atoms with Gasteiger partial charge in [0.25, 0.3) is 10.1 Å². The molecule has 0 atom stereocenters. The first-order chi connectivity index (χ1) is 14.9. The molecule has 1 aliphatic carbocycles. The highest BCUT2D eigenvalue weighted by Crippen LogP contribution is 2.29. The summed E-state index contributed by atoms with van der Waals surface area (Å²) in [6, 6.07) is 16.7. The molecule has 2 aromatic rings. The molecule has 170 valence electrons. The molecule has 0 bridgehead atoms. The van der Waals surface area contributed by atoms with E-state index in [9.17, 15) is 16.8 Å². The molecule has 1 fully saturated rings. The molecule has 0 unspecified atom stereocenters. The van der Waals surface area contributed by atoms with Gasteiger partial charge in [-0.1, -0.05) is 55.7 Å². The summed E-state index contributed by atoms with van der Waals surface area (Å²) in [5.74, 6) is 0.603. The zero-order chi connectivity index (χ0) is 22.2. The van der Waals surface area contributed by atoms with Crippen molar-refractivity contribution in [3.05, 3.63) is 60.7 Å². The third-order valence-electron chi connectivity index (χ3n) is 5.75. The minimum Gasteiger partial charge on any atom is -0.266 e. The lowest BCUT2D eigenvalue weighted by Crippen LogP contribution is -2.37. The molecule has 1 aliphatic rings. The van der Waals surface area contributed by atoms with Gasteiger partial charge in [0.15, 0.2) is 0 Å². The summed E-state index contributed by atoms with van der Waals surface area (Å²) in [4.78, 5) is 0.503. The van der Waals surface area contributed by atoms with Crippen LogP contribution in [0.15, 0.2) is 70.5 Å². The molecule has 1 saturated carbocycles. The van der Waals surface area contributed by atoms with Gasteiger partial charge in [-0.2, -0.15) is 8.42 Å². The van der Waals surface area contributed by atoms with Crippen molar-refractivity contribution >= 4 is 20.1 Å². The zero-order valence-electron chi connectivity index (χ0n) is 17.6. The van der Waals surface area contributed by atoms with E-state index < -0.39 is 20.1 Å². The molecule has 0 aliphatic heterocycles. The Morgan fingerprint density at radius 1 is 0.742 bits per heavy atom. The minimum atomic E-state index is -3.67. The van der Waals surface area contributed by atoms with Crippen molar-refractivity contribution in [2.45, 2.75) is 67.2 Å². The van der Waals surface area contributed by atoms with E-state index >= 15 is 0 Å². The quantitative estimate of drug-likeness (QED) is 0.390. The monoisotopic (exact) mass is 465 g/mol. The van der Waals surface area contributed by atoms with Crippen LogP contribution in [0.4, 0.5) is 0 Å². The standard InChI is InChI=1S/C23H31NO5S2/c25-30(26,22-11-5-1-6-12-22)24-21-17-15-20(16-18-21)10-4-3-9-19-29-31(27,28)23-13-7-2-8-14-23/h1-2,5-8,11-14,20-21,24H,3-4,9-10,15-19H2. The molecular weight excluding hydrogens is 434 g/mol. The Labute approximate surface area is 186 Å². The lowest BCUT2D eigenvalue weighted by molar-refractivity contribution is 0.280. The smallest absolute Gasteiger partial charge is 0.266 e. The molecule has 8 heteroatoms. The van der Waals surface area contributed by atoms with E-state index in [1.807, 2.05) is 0 Å². The van der Waals surface area contributed by atoms with Crippen LogP contribution < -0.4 is 4.72 Å². The molecule has 6 nitrogen and oxygen atoms in total. The van der Waals surface area contributed by atoms with Gasteiger partial charge < -0.3 is 0 Å². The molecule has 2 aromatic carbocycles. The largest absolute Gasteiger partial charge is 0.296 e. The van der Waals surface area contributed by atoms with Gasteiger partial charge in [-0.15, -0.1) is 0 Å². The molecule has 0 heterocycles. The van der Waals surface area contributed by atoms with Gasteiger partial charge in [0, 0.05) is 6.04 Å². The highest BCUT2D eigenvalue weighted by atomic mass is 32.2. The maximum atomic E-state index is 12.4. The molecule has 0 aromatic heterocycles. The first-order valence-corrected chi connectivity index (χ1v) is 13.8. The van der Waals surface area contributed by atoms with Crippen LogP contribution in [-0.4, -0.2) is 29.5 Å². The van der Waals surface area contributed by atoms with Gasteiger partial charge in [0.2, 0.25) is 10.0 Å². The van der Waals surface area contributed by atoms with Gasteiger partial charge in [0.05, 0.1) is 16.4 Å². The average Bonchev–Trinajstić information content (AvgIpc) is 2.78. The van der Waals surface area contributed by atoms with E-state index in [0.717, 1.165) is 44.9 Å². The number of sulfonamides is 1. The normalized spacial score (nSPS) is 19.9. The van der Waals surface area contributed by atoms with Crippen molar-refractivity contribution in [1.82, 2.24) is 4.72 Å². The third-order valence-corrected chi connectivity index (χ3v) is 8.61. The Bertz CT molecular complexity index is 1000. The lowest BCUT2D eigenvalue weighted by Gasteiger charge is -2.29. The van der Waals surface area contributed by atoms with Crippen molar-refractivity contribution in [2.24, 2.45) is 5.92 Å². The van der Waals surface area contributed by atoms with Gasteiger partial charge in [-0.3, -0.25) is 4.18 Å². The molecule has 1 N–H and O–H groups in total. The van der Waals surface area contributed by atoms with Crippen molar-refractivity contribution < 1.29 is 21.0 Å². The summed E-state index contributed by atoms with van der Waals surface area (Å²) in [7, 11) is -7.12. The van der Waals surface area contributed by atoms with Crippen LogP contribution >= 0.6 is 0 Å². The van der Waals surface area contributed by atoms with E-state index in [1.165, 1.54) is 12.1 Å². The van der Waals surface area contributed by atoms with E-state index in [2.05, 4.69) is 4.72 Å². The van der Waals surface area contributed by atoms with Crippen LogP contribution in [0.1, 0.15) is 51.4 Å². The second-order valence-corrected chi connectivity index (χ2v) is 11.4. The van der Waals surface area contributed by atoms with Crippen molar-refractivity contribution in [3.63, 3.8) is 0 Å². The SMILES string of the molecule is O=S(=O)(NC1CCC(CCCCCOS(=O)(=O)c2ccccc2)CC1)c1ccccc1. The Morgan fingerprint density at radius 3 is 1.94 bits per heavy atom. The van der Waals surface area contributed by atoms with E-state index in [-0.39, 0.29) is 17.5 Å². The van der Waals surface area contributed by atoms with Gasteiger partial charge in [0.1, 0.15) is 0 Å². The minimum absolute atomic E-state index is 0.00181. The maximum absolute atomic E-state index is 12.4. The third kappa shape index (κ3) is 7.42. The number of benzene rings is 2. The summed E-state index contributed by atoms with van der Waals surface area (Å²) in [5.41, 5.74) is 0. The fourth-order valence-corrected chi connectivity index (χ4v) is 6.28. The van der Waals surface area contributed by atoms with Gasteiger partial charge in [-0.05, 0) is 62.3 Å². The van der Waals surface area contributed by atoms with Crippen LogP contribution in [0, 0.1) is 5.92 Å². The van der Waals surface area contributed by atoms with Crippen LogP contribution in [0.2, 0.25) is 0 Å². The number of unbranched alkanes of at least 4 members (excludes halogenated alkanes) is 2. The number of rotatable bonds is 11. The fraction of sp³-hybridized carbons (Fsp3) is 0.478. The van der Waals surface area contributed by atoms with Gasteiger partial charge >= 0.3 is 0 Å². The first kappa shape index (κ1) is 23.9. The average molecular weight is 466 g/mol. The predicted molar refractivity (Wildman–Crippen MR) is 121 cm³/mol. The van der Waals surface area contributed by atoms with Crippen molar-refractivity contribution in [1.29, 1.82) is 0 Å². The summed E-state index contributed by atoms with van der Waals surface area (Å²) >= 11 is 0. The predicted octanol–water partition coefficient (Wildman–Crippen LogP) is 4.49. The first-order valence-electron chi connectivity index (χ1n) is 10.9. The second-order valence-electron chi connectivity index (χ2n) is 8.09. The molecule has 0 amide bonds. The summed E-state index contributed by atoms with van der Waals surface area (Å²) < 4.78 is 57.0. The second kappa shape index (κ2) is 11.2. The Morgan fingerprint density at radius 2 is 1.32 bits per heavy atom. The molecule has 31 heavy (non-hydrogen) atoms. The van der Waals surface area contributed by atoms with Crippen molar-refractivity contribution in [3.8, 4) is 0 Å². The van der Waals surface area contributed by atoms with E-state index in [0.29, 0.717) is 17.2 Å². The molecule has 3 rings (SSSR count). The van der Waals surface area contributed by atoms with Gasteiger partial charge in [-0.25, -0.2) is 13.1 Å². The van der Waals surface area contributed by atoms with Crippen LogP contribution in [-0.2, 0) is 24.3 Å². The van der Waals surface area contributed by atoms with Crippen molar-refractivity contribution in [2.75, 3.05) is 6.61 Å². The lowest BCUT2D eigenvalue weighted by atomic mass is 9.83. The van der Waals surface area contributed by atoms with Crippen LogP contribution in [0.3, 0.4) is 0 Å². The summed E-state index contributed by atoms with van der Waals surface area (Å²) in [6.45, 7) is 0.200. The topological polar surface area (TPSA) is 89.5 Å². The maximum Gasteiger partial charge on any atom is 0.296 e. The highest BCUT2D eigenvalue weighted by molar-refractivity contribution is 7.89. The fourth-order valence-electron chi connectivity index (χ4n) is 3.99. The molecule has 0 radical (unpaired) electrons. The molecule has 0 saturated heterocycles. The molecular formula is C23H31NO5S2. The van der Waals surface area contributed by atoms with E-state index in [1.54, 1.807) is 48.5 Å². The summed E-state index contributed by atoms with van der Waals surface area (Å²) in [6.07, 6.45) is 7.48. The summed E-state index contributed by atoms with van der Waals surface area (Å²) in [5, 5.41) is 0. The Hall–Kier alpha value is -1.74. The van der Waals surface area contributed by atoms with E-state index in [4.69, 9.17) is 4.18 Å². The van der Waals surface area contributed by atoms with Crippen LogP contribution in [0.5, 0.6) is 0 Å². The number of hydrogen-bond donors (Lipinski definition) is 1. The van der Waals surface area contributed by atoms with Crippen LogP contribution in [0.25, 0.3) is 0 Å². The molecule has 0 spiro atoms. The highest BCUT2D eigenvalue weighted by Gasteiger charge is 2.25. The zero-order valence-corrected chi connectivity index (χ0v) is 19.3. The Kier molecular flexibility index (Phi) is 8.66. The Balaban J connectivity index is 1.30. The number of nitrogens with one attached hydrogen (secondary N) is 1.